The molecule has 0 atom stereocenters. The van der Waals surface area contributed by atoms with E-state index in [1.165, 1.54) is 6.42 Å². The first kappa shape index (κ1) is 18.2. The number of ether oxygens (including phenoxy) is 3. The molecule has 0 saturated heterocycles. The highest BCUT2D eigenvalue weighted by Crippen LogP contribution is 2.40. The second kappa shape index (κ2) is 7.46. The summed E-state index contributed by atoms with van der Waals surface area (Å²) in [7, 11) is 4.73. The normalized spacial score (nSPS) is 13.1. The van der Waals surface area contributed by atoms with Gasteiger partial charge in [0.1, 0.15) is 17.8 Å². The van der Waals surface area contributed by atoms with Crippen molar-refractivity contribution in [2.75, 3.05) is 26.6 Å². The lowest BCUT2D eigenvalue weighted by atomic mass is 10.1. The largest absolute Gasteiger partial charge is 0.493 e. The number of aryl methyl sites for hydroxylation is 2. The van der Waals surface area contributed by atoms with E-state index in [4.69, 9.17) is 23.6 Å². The van der Waals surface area contributed by atoms with E-state index in [0.717, 1.165) is 48.0 Å². The van der Waals surface area contributed by atoms with Gasteiger partial charge in [-0.2, -0.15) is 4.98 Å². The van der Waals surface area contributed by atoms with Crippen molar-refractivity contribution < 1.29 is 18.6 Å². The molecule has 0 spiro atoms. The standard InChI is InChI=1S/C20H24N4O4/c1-12-18(24-8-6-5-7-17(24)21-12)14-11-28-20(23-14)22-13-9-15(25-2)19(27-4)16(10-13)26-3/h9-11H,5-8H2,1-4H3,(H,22,23). The van der Waals surface area contributed by atoms with Crippen molar-refractivity contribution in [1.29, 1.82) is 0 Å². The summed E-state index contributed by atoms with van der Waals surface area (Å²) in [6, 6.07) is 3.99. The van der Waals surface area contributed by atoms with Crippen LogP contribution >= 0.6 is 0 Å². The van der Waals surface area contributed by atoms with Crippen molar-refractivity contribution in [3.05, 3.63) is 29.9 Å². The molecule has 0 unspecified atom stereocenters. The summed E-state index contributed by atoms with van der Waals surface area (Å²) < 4.78 is 24.1. The van der Waals surface area contributed by atoms with Gasteiger partial charge in [-0.05, 0) is 19.8 Å². The van der Waals surface area contributed by atoms with Gasteiger partial charge in [0.15, 0.2) is 11.5 Å². The number of benzene rings is 1. The Morgan fingerprint density at radius 2 is 1.79 bits per heavy atom. The number of imidazole rings is 1. The molecule has 1 aliphatic heterocycles. The summed E-state index contributed by atoms with van der Waals surface area (Å²) in [5.74, 6) is 2.76. The van der Waals surface area contributed by atoms with Gasteiger partial charge >= 0.3 is 0 Å². The Bertz CT molecular complexity index is 967. The predicted molar refractivity (Wildman–Crippen MR) is 105 cm³/mol. The Hall–Kier alpha value is -3.16. The van der Waals surface area contributed by atoms with Gasteiger partial charge in [-0.25, -0.2) is 4.98 Å². The maximum absolute atomic E-state index is 5.67. The predicted octanol–water partition coefficient (Wildman–Crippen LogP) is 3.95. The van der Waals surface area contributed by atoms with Crippen LogP contribution in [0.2, 0.25) is 0 Å². The van der Waals surface area contributed by atoms with Crippen molar-refractivity contribution in [2.45, 2.75) is 32.7 Å². The van der Waals surface area contributed by atoms with Crippen LogP contribution in [0.5, 0.6) is 17.2 Å². The first-order chi connectivity index (χ1) is 13.6. The third kappa shape index (κ3) is 3.15. The zero-order valence-corrected chi connectivity index (χ0v) is 16.5. The number of hydrogen-bond donors (Lipinski definition) is 1. The average molecular weight is 384 g/mol. The summed E-state index contributed by atoms with van der Waals surface area (Å²) in [6.45, 7) is 2.98. The molecule has 4 rings (SSSR count). The van der Waals surface area contributed by atoms with Crippen LogP contribution in [-0.4, -0.2) is 35.9 Å². The molecule has 8 nitrogen and oxygen atoms in total. The molecule has 3 aromatic rings. The molecule has 0 bridgehead atoms. The van der Waals surface area contributed by atoms with Gasteiger partial charge in [0.25, 0.3) is 6.01 Å². The maximum Gasteiger partial charge on any atom is 0.299 e. The van der Waals surface area contributed by atoms with Gasteiger partial charge in [-0.15, -0.1) is 0 Å². The Balaban J connectivity index is 1.64. The molecule has 0 aliphatic carbocycles. The van der Waals surface area contributed by atoms with E-state index in [1.807, 2.05) is 6.92 Å². The van der Waals surface area contributed by atoms with Crippen LogP contribution in [0.3, 0.4) is 0 Å². The van der Waals surface area contributed by atoms with Crippen molar-refractivity contribution >= 4 is 11.7 Å². The van der Waals surface area contributed by atoms with E-state index >= 15 is 0 Å². The second-order valence-electron chi connectivity index (χ2n) is 6.65. The molecule has 148 valence electrons. The van der Waals surface area contributed by atoms with E-state index in [-0.39, 0.29) is 0 Å². The molecular weight excluding hydrogens is 360 g/mol. The number of anilines is 2. The van der Waals surface area contributed by atoms with Crippen LogP contribution in [0, 0.1) is 6.92 Å². The second-order valence-corrected chi connectivity index (χ2v) is 6.65. The molecule has 8 heteroatoms. The number of oxazole rings is 1. The smallest absolute Gasteiger partial charge is 0.299 e. The summed E-state index contributed by atoms with van der Waals surface area (Å²) in [6.07, 6.45) is 5.01. The van der Waals surface area contributed by atoms with E-state index in [2.05, 4.69) is 14.9 Å². The topological polar surface area (TPSA) is 83.6 Å². The summed E-state index contributed by atoms with van der Waals surface area (Å²) >= 11 is 0. The molecule has 0 saturated carbocycles. The minimum absolute atomic E-state index is 0.384. The third-order valence-electron chi connectivity index (χ3n) is 4.92. The fraction of sp³-hybridized carbons (Fsp3) is 0.400. The average Bonchev–Trinajstić information content (AvgIpc) is 3.29. The Morgan fingerprint density at radius 3 is 2.46 bits per heavy atom. The number of nitrogens with one attached hydrogen (secondary N) is 1. The summed E-state index contributed by atoms with van der Waals surface area (Å²) in [5, 5.41) is 3.16. The van der Waals surface area contributed by atoms with Gasteiger partial charge < -0.3 is 28.5 Å². The minimum atomic E-state index is 0.384. The van der Waals surface area contributed by atoms with Crippen molar-refractivity contribution in [2.24, 2.45) is 0 Å². The van der Waals surface area contributed by atoms with Crippen molar-refractivity contribution in [3.63, 3.8) is 0 Å². The Morgan fingerprint density at radius 1 is 1.04 bits per heavy atom. The first-order valence-corrected chi connectivity index (χ1v) is 9.23. The zero-order valence-electron chi connectivity index (χ0n) is 16.5. The van der Waals surface area contributed by atoms with Crippen LogP contribution < -0.4 is 19.5 Å². The molecule has 1 N–H and O–H groups in total. The van der Waals surface area contributed by atoms with Crippen LogP contribution in [0.15, 0.2) is 22.8 Å². The highest BCUT2D eigenvalue weighted by atomic mass is 16.5. The highest BCUT2D eigenvalue weighted by molar-refractivity contribution is 5.66. The summed E-state index contributed by atoms with van der Waals surface area (Å²) in [5.41, 5.74) is 3.49. The lowest BCUT2D eigenvalue weighted by Gasteiger charge is -2.15. The monoisotopic (exact) mass is 384 g/mol. The Labute approximate surface area is 163 Å². The molecule has 28 heavy (non-hydrogen) atoms. The molecule has 2 aromatic heterocycles. The van der Waals surface area contributed by atoms with E-state index < -0.39 is 0 Å². The number of rotatable bonds is 6. The van der Waals surface area contributed by atoms with Gasteiger partial charge in [0.05, 0.1) is 32.7 Å². The highest BCUT2D eigenvalue weighted by Gasteiger charge is 2.21. The molecule has 0 radical (unpaired) electrons. The SMILES string of the molecule is COc1cc(Nc2nc(-c3c(C)nc4n3CCCC4)co2)cc(OC)c1OC. The fourth-order valence-corrected chi connectivity index (χ4v) is 3.66. The minimum Gasteiger partial charge on any atom is -0.493 e. The van der Waals surface area contributed by atoms with E-state index in [1.54, 1.807) is 39.7 Å². The number of fused-ring (bicyclic) bond motifs is 1. The van der Waals surface area contributed by atoms with Crippen molar-refractivity contribution in [1.82, 2.24) is 14.5 Å². The lowest BCUT2D eigenvalue weighted by molar-refractivity contribution is 0.324. The van der Waals surface area contributed by atoms with E-state index in [0.29, 0.717) is 23.3 Å². The molecule has 0 amide bonds. The number of hydrogen-bond acceptors (Lipinski definition) is 7. The van der Waals surface area contributed by atoms with Crippen LogP contribution in [-0.2, 0) is 13.0 Å². The summed E-state index contributed by atoms with van der Waals surface area (Å²) in [4.78, 5) is 9.32. The van der Waals surface area contributed by atoms with Crippen LogP contribution in [0.1, 0.15) is 24.4 Å². The van der Waals surface area contributed by atoms with Gasteiger partial charge in [0.2, 0.25) is 5.75 Å². The van der Waals surface area contributed by atoms with Gasteiger partial charge in [-0.3, -0.25) is 0 Å². The number of methoxy groups -OCH3 is 3. The van der Waals surface area contributed by atoms with Crippen molar-refractivity contribution in [3.8, 4) is 28.6 Å². The van der Waals surface area contributed by atoms with Gasteiger partial charge in [0, 0.05) is 30.8 Å². The zero-order chi connectivity index (χ0) is 19.7. The molecule has 1 aromatic carbocycles. The lowest BCUT2D eigenvalue weighted by Crippen LogP contribution is -2.11. The maximum atomic E-state index is 5.67. The third-order valence-corrected chi connectivity index (χ3v) is 4.92. The van der Waals surface area contributed by atoms with E-state index in [9.17, 15) is 0 Å². The number of nitrogens with zero attached hydrogens (tertiary/aromatic N) is 3. The van der Waals surface area contributed by atoms with Crippen LogP contribution in [0.4, 0.5) is 11.7 Å². The van der Waals surface area contributed by atoms with Crippen LogP contribution in [0.25, 0.3) is 11.4 Å². The molecule has 3 heterocycles. The quantitative estimate of drug-likeness (QED) is 0.689. The fourth-order valence-electron chi connectivity index (χ4n) is 3.66. The molecule has 1 aliphatic rings. The Kier molecular flexibility index (Phi) is 4.85. The number of aromatic nitrogens is 3. The molecule has 0 fully saturated rings. The first-order valence-electron chi connectivity index (χ1n) is 9.23. The molecular formula is C20H24N4O4. The van der Waals surface area contributed by atoms with Gasteiger partial charge in [-0.1, -0.05) is 0 Å².